The summed E-state index contributed by atoms with van der Waals surface area (Å²) in [6, 6.07) is 0. The van der Waals surface area contributed by atoms with Crippen LogP contribution in [0.15, 0.2) is 12.2 Å². The van der Waals surface area contributed by atoms with E-state index in [1.54, 1.807) is 7.11 Å². The van der Waals surface area contributed by atoms with Gasteiger partial charge in [-0.05, 0) is 12.8 Å². The van der Waals surface area contributed by atoms with Gasteiger partial charge < -0.3 is 4.74 Å². The van der Waals surface area contributed by atoms with Crippen molar-refractivity contribution >= 4 is 0 Å². The fourth-order valence-electron chi connectivity index (χ4n) is 0.418. The second-order valence-electron chi connectivity index (χ2n) is 1.54. The maximum atomic E-state index is 4.82. The standard InChI is InChI=1S/C7H13O/c1-3-4-5-6-7-8-2/h3-5H,6-7H2,1-2H3/b5-4+. The van der Waals surface area contributed by atoms with Gasteiger partial charge in [-0.15, -0.1) is 0 Å². The SMILES string of the molecule is C[CH]/C=C/CCOC. The summed E-state index contributed by atoms with van der Waals surface area (Å²) in [6.07, 6.45) is 7.14. The monoisotopic (exact) mass is 113 g/mol. The molecule has 0 aromatic heterocycles. The molecule has 0 aliphatic carbocycles. The van der Waals surface area contributed by atoms with Crippen molar-refractivity contribution in [2.45, 2.75) is 13.3 Å². The van der Waals surface area contributed by atoms with E-state index >= 15 is 0 Å². The van der Waals surface area contributed by atoms with E-state index in [4.69, 9.17) is 4.74 Å². The normalized spacial score (nSPS) is 10.8. The molecule has 0 rings (SSSR count). The maximum absolute atomic E-state index is 4.82. The van der Waals surface area contributed by atoms with Crippen molar-refractivity contribution in [3.63, 3.8) is 0 Å². The topological polar surface area (TPSA) is 9.23 Å². The zero-order chi connectivity index (χ0) is 6.24. The van der Waals surface area contributed by atoms with Gasteiger partial charge in [0.2, 0.25) is 0 Å². The molecule has 0 aromatic rings. The zero-order valence-corrected chi connectivity index (χ0v) is 5.55. The minimum Gasteiger partial charge on any atom is -0.384 e. The van der Waals surface area contributed by atoms with Crippen LogP contribution in [0.1, 0.15) is 13.3 Å². The number of hydrogen-bond acceptors (Lipinski definition) is 1. The summed E-state index contributed by atoms with van der Waals surface area (Å²) in [6.45, 7) is 2.83. The van der Waals surface area contributed by atoms with E-state index in [0.29, 0.717) is 0 Å². The smallest absolute Gasteiger partial charge is 0.0496 e. The summed E-state index contributed by atoms with van der Waals surface area (Å²) in [4.78, 5) is 0. The van der Waals surface area contributed by atoms with Gasteiger partial charge in [0.1, 0.15) is 0 Å². The van der Waals surface area contributed by atoms with E-state index in [0.717, 1.165) is 13.0 Å². The van der Waals surface area contributed by atoms with Gasteiger partial charge in [-0.25, -0.2) is 0 Å². The van der Waals surface area contributed by atoms with E-state index in [1.165, 1.54) is 0 Å². The molecule has 0 atom stereocenters. The lowest BCUT2D eigenvalue weighted by Gasteiger charge is -1.88. The first-order chi connectivity index (χ1) is 3.91. The molecule has 0 N–H and O–H groups in total. The Kier molecular flexibility index (Phi) is 6.45. The molecule has 0 amide bonds. The minimum absolute atomic E-state index is 0.824. The molecule has 47 valence electrons. The van der Waals surface area contributed by atoms with Crippen LogP contribution in [0.5, 0.6) is 0 Å². The summed E-state index contributed by atoms with van der Waals surface area (Å²) in [7, 11) is 1.71. The molecule has 0 unspecified atom stereocenters. The molecule has 0 aromatic carbocycles. The Hall–Kier alpha value is -0.300. The highest BCUT2D eigenvalue weighted by Gasteiger charge is 1.73. The molecule has 0 bridgehead atoms. The lowest BCUT2D eigenvalue weighted by Crippen LogP contribution is -1.83. The van der Waals surface area contributed by atoms with Crippen LogP contribution >= 0.6 is 0 Å². The first-order valence-electron chi connectivity index (χ1n) is 2.85. The van der Waals surface area contributed by atoms with Crippen LogP contribution in [-0.4, -0.2) is 13.7 Å². The maximum Gasteiger partial charge on any atom is 0.0496 e. The molecule has 8 heavy (non-hydrogen) atoms. The first-order valence-corrected chi connectivity index (χ1v) is 2.85. The summed E-state index contributed by atoms with van der Waals surface area (Å²) in [5.74, 6) is 0. The van der Waals surface area contributed by atoms with Crippen molar-refractivity contribution in [2.75, 3.05) is 13.7 Å². The molecule has 0 heterocycles. The van der Waals surface area contributed by atoms with E-state index in [1.807, 2.05) is 19.4 Å². The molecule has 1 heteroatoms. The summed E-state index contributed by atoms with van der Waals surface area (Å²) < 4.78 is 4.82. The van der Waals surface area contributed by atoms with Crippen LogP contribution in [0.3, 0.4) is 0 Å². The molecule has 0 spiro atoms. The number of allylic oxidation sites excluding steroid dienone is 1. The van der Waals surface area contributed by atoms with Crippen LogP contribution in [0.2, 0.25) is 0 Å². The molecule has 1 radical (unpaired) electrons. The predicted molar refractivity (Wildman–Crippen MR) is 35.6 cm³/mol. The van der Waals surface area contributed by atoms with E-state index in [-0.39, 0.29) is 0 Å². The Balaban J connectivity index is 2.80. The summed E-state index contributed by atoms with van der Waals surface area (Å²) in [5, 5.41) is 0. The zero-order valence-electron chi connectivity index (χ0n) is 5.55. The highest BCUT2D eigenvalue weighted by Crippen LogP contribution is 1.84. The van der Waals surface area contributed by atoms with Crippen molar-refractivity contribution in [1.29, 1.82) is 0 Å². The Morgan fingerprint density at radius 3 is 2.75 bits per heavy atom. The molecule has 0 aliphatic heterocycles. The van der Waals surface area contributed by atoms with E-state index in [2.05, 4.69) is 6.08 Å². The van der Waals surface area contributed by atoms with Gasteiger partial charge in [-0.3, -0.25) is 0 Å². The van der Waals surface area contributed by atoms with E-state index < -0.39 is 0 Å². The van der Waals surface area contributed by atoms with Gasteiger partial charge in [0, 0.05) is 13.7 Å². The van der Waals surface area contributed by atoms with Crippen LogP contribution in [0.4, 0.5) is 0 Å². The van der Waals surface area contributed by atoms with Crippen molar-refractivity contribution in [3.05, 3.63) is 18.6 Å². The second-order valence-corrected chi connectivity index (χ2v) is 1.54. The van der Waals surface area contributed by atoms with Gasteiger partial charge in [0.05, 0.1) is 0 Å². The molecule has 0 saturated heterocycles. The fraction of sp³-hybridized carbons (Fsp3) is 0.571. The Labute approximate surface area is 51.4 Å². The van der Waals surface area contributed by atoms with Crippen molar-refractivity contribution in [1.82, 2.24) is 0 Å². The van der Waals surface area contributed by atoms with Crippen molar-refractivity contribution in [3.8, 4) is 0 Å². The first kappa shape index (κ1) is 7.70. The molecule has 1 nitrogen and oxygen atoms in total. The highest BCUT2D eigenvalue weighted by molar-refractivity contribution is 4.91. The Morgan fingerprint density at radius 1 is 1.50 bits per heavy atom. The van der Waals surface area contributed by atoms with Gasteiger partial charge in [-0.2, -0.15) is 0 Å². The third-order valence-electron chi connectivity index (χ3n) is 0.817. The van der Waals surface area contributed by atoms with Gasteiger partial charge >= 0.3 is 0 Å². The number of methoxy groups -OCH3 is 1. The average Bonchev–Trinajstić information content (AvgIpc) is 1.81. The summed E-state index contributed by atoms with van der Waals surface area (Å²) in [5.41, 5.74) is 0. The van der Waals surface area contributed by atoms with Crippen molar-refractivity contribution < 1.29 is 4.74 Å². The highest BCUT2D eigenvalue weighted by atomic mass is 16.5. The van der Waals surface area contributed by atoms with Crippen LogP contribution in [0, 0.1) is 6.42 Å². The molecular weight excluding hydrogens is 100 g/mol. The van der Waals surface area contributed by atoms with Gasteiger partial charge in [0.15, 0.2) is 0 Å². The number of rotatable bonds is 4. The van der Waals surface area contributed by atoms with Crippen LogP contribution in [-0.2, 0) is 4.74 Å². The predicted octanol–water partition coefficient (Wildman–Crippen LogP) is 1.80. The fourth-order valence-corrected chi connectivity index (χ4v) is 0.418. The molecule has 0 aliphatic rings. The molecular formula is C7H13O. The summed E-state index contributed by atoms with van der Waals surface area (Å²) >= 11 is 0. The van der Waals surface area contributed by atoms with Crippen molar-refractivity contribution in [2.24, 2.45) is 0 Å². The second kappa shape index (κ2) is 6.70. The Morgan fingerprint density at radius 2 is 2.25 bits per heavy atom. The largest absolute Gasteiger partial charge is 0.384 e. The average molecular weight is 113 g/mol. The lowest BCUT2D eigenvalue weighted by atomic mass is 10.3. The van der Waals surface area contributed by atoms with Crippen LogP contribution in [0.25, 0.3) is 0 Å². The third-order valence-corrected chi connectivity index (χ3v) is 0.817. The van der Waals surface area contributed by atoms with Gasteiger partial charge in [-0.1, -0.05) is 19.1 Å². The molecule has 0 saturated carbocycles. The molecule has 0 fully saturated rings. The minimum atomic E-state index is 0.824. The quantitative estimate of drug-likeness (QED) is 0.505. The Bertz CT molecular complexity index is 57.4. The third kappa shape index (κ3) is 5.70. The number of hydrogen-bond donors (Lipinski definition) is 0. The number of ether oxygens (including phenoxy) is 1. The van der Waals surface area contributed by atoms with Crippen LogP contribution < -0.4 is 0 Å². The van der Waals surface area contributed by atoms with Gasteiger partial charge in [0.25, 0.3) is 0 Å². The lowest BCUT2D eigenvalue weighted by molar-refractivity contribution is 0.204. The van der Waals surface area contributed by atoms with E-state index in [9.17, 15) is 0 Å².